The van der Waals surface area contributed by atoms with Crippen molar-refractivity contribution in [3.8, 4) is 0 Å². The third-order valence-corrected chi connectivity index (χ3v) is 8.72. The Labute approximate surface area is 202 Å². The summed E-state index contributed by atoms with van der Waals surface area (Å²) in [6.45, 7) is 5.34. The van der Waals surface area contributed by atoms with Crippen molar-refractivity contribution in [2.24, 2.45) is 10.8 Å². The summed E-state index contributed by atoms with van der Waals surface area (Å²) in [5.41, 5.74) is 1.19. The molecule has 1 aliphatic rings. The van der Waals surface area contributed by atoms with Crippen LogP contribution < -0.4 is 0 Å². The number of rotatable bonds is 22. The molecule has 0 aromatic rings. The van der Waals surface area contributed by atoms with Gasteiger partial charge in [-0.15, -0.1) is 0 Å². The molecule has 0 heterocycles. The summed E-state index contributed by atoms with van der Waals surface area (Å²) in [6.07, 6.45) is 32.6. The minimum Gasteiger partial charge on any atom is -0.396 e. The number of unbranched alkanes of at least 4 members (excludes halogenated alkanes) is 12. The van der Waals surface area contributed by atoms with Crippen molar-refractivity contribution < 1.29 is 10.2 Å². The Bertz CT molecular complexity index is 368. The second-order valence-electron chi connectivity index (χ2n) is 11.4. The van der Waals surface area contributed by atoms with Gasteiger partial charge in [-0.25, -0.2) is 0 Å². The van der Waals surface area contributed by atoms with Gasteiger partial charge in [0.2, 0.25) is 0 Å². The normalized spacial score (nSPS) is 17.6. The largest absolute Gasteiger partial charge is 0.396 e. The van der Waals surface area contributed by atoms with E-state index in [2.05, 4.69) is 13.8 Å². The van der Waals surface area contributed by atoms with Crippen molar-refractivity contribution in [3.63, 3.8) is 0 Å². The number of aliphatic hydroxyl groups is 2. The molecule has 192 valence electrons. The van der Waals surface area contributed by atoms with Gasteiger partial charge < -0.3 is 10.2 Å². The molecule has 2 heteroatoms. The maximum atomic E-state index is 9.19. The molecule has 0 aliphatic heterocycles. The van der Waals surface area contributed by atoms with Crippen LogP contribution in [0.1, 0.15) is 168 Å². The molecule has 1 fully saturated rings. The molecule has 1 saturated carbocycles. The molecular weight excluding hydrogens is 392 g/mol. The van der Waals surface area contributed by atoms with Gasteiger partial charge in [0, 0.05) is 13.2 Å². The van der Waals surface area contributed by atoms with Crippen LogP contribution in [0.15, 0.2) is 0 Å². The van der Waals surface area contributed by atoms with Crippen molar-refractivity contribution in [1.82, 2.24) is 0 Å². The van der Waals surface area contributed by atoms with Crippen LogP contribution in [0.2, 0.25) is 0 Å². The number of aliphatic hydroxyl groups excluding tert-OH is 2. The van der Waals surface area contributed by atoms with Gasteiger partial charge in [-0.1, -0.05) is 104 Å². The quantitative estimate of drug-likeness (QED) is 0.161. The van der Waals surface area contributed by atoms with Gasteiger partial charge in [-0.05, 0) is 75.0 Å². The zero-order valence-corrected chi connectivity index (χ0v) is 22.3. The molecule has 0 bridgehead atoms. The lowest BCUT2D eigenvalue weighted by Gasteiger charge is -2.48. The van der Waals surface area contributed by atoms with Crippen LogP contribution in [-0.2, 0) is 0 Å². The van der Waals surface area contributed by atoms with Crippen molar-refractivity contribution in [3.05, 3.63) is 0 Å². The highest BCUT2D eigenvalue weighted by Gasteiger charge is 2.41. The minimum atomic E-state index is 0.350. The fourth-order valence-electron chi connectivity index (χ4n) is 6.34. The SMILES string of the molecule is CCCCCCCC1(CCCCCCC)CCC(CCCCCO)(CCCCCO)CC1. The molecule has 0 amide bonds. The number of hydrogen-bond acceptors (Lipinski definition) is 2. The Morgan fingerprint density at radius 2 is 0.688 bits per heavy atom. The molecule has 1 aliphatic carbocycles. The Morgan fingerprint density at radius 3 is 0.969 bits per heavy atom. The zero-order chi connectivity index (χ0) is 23.4. The van der Waals surface area contributed by atoms with E-state index in [1.807, 2.05) is 0 Å². The molecule has 0 radical (unpaired) electrons. The Kier molecular flexibility index (Phi) is 18.0. The van der Waals surface area contributed by atoms with E-state index < -0.39 is 0 Å². The predicted molar refractivity (Wildman–Crippen MR) is 141 cm³/mol. The second kappa shape index (κ2) is 19.2. The first-order valence-electron chi connectivity index (χ1n) is 14.9. The minimum absolute atomic E-state index is 0.350. The molecule has 0 atom stereocenters. The summed E-state index contributed by atoms with van der Waals surface area (Å²) in [7, 11) is 0. The molecule has 0 aromatic carbocycles. The van der Waals surface area contributed by atoms with E-state index in [1.54, 1.807) is 0 Å². The topological polar surface area (TPSA) is 40.5 Å². The second-order valence-corrected chi connectivity index (χ2v) is 11.4. The average molecular weight is 453 g/mol. The Hall–Kier alpha value is -0.0800. The lowest BCUT2D eigenvalue weighted by atomic mass is 9.58. The third kappa shape index (κ3) is 13.0. The molecule has 0 aromatic heterocycles. The van der Waals surface area contributed by atoms with Crippen molar-refractivity contribution in [1.29, 1.82) is 0 Å². The highest BCUT2D eigenvalue weighted by molar-refractivity contribution is 4.93. The van der Waals surface area contributed by atoms with Gasteiger partial charge in [0.15, 0.2) is 0 Å². The van der Waals surface area contributed by atoms with E-state index >= 15 is 0 Å². The molecule has 2 nitrogen and oxygen atoms in total. The van der Waals surface area contributed by atoms with Crippen molar-refractivity contribution in [2.45, 2.75) is 168 Å². The van der Waals surface area contributed by atoms with E-state index in [-0.39, 0.29) is 0 Å². The van der Waals surface area contributed by atoms with Gasteiger partial charge in [0.25, 0.3) is 0 Å². The van der Waals surface area contributed by atoms with E-state index in [9.17, 15) is 10.2 Å². The van der Waals surface area contributed by atoms with E-state index in [1.165, 1.54) is 141 Å². The Balaban J connectivity index is 2.65. The van der Waals surface area contributed by atoms with Gasteiger partial charge in [0.1, 0.15) is 0 Å². The zero-order valence-electron chi connectivity index (χ0n) is 22.3. The first-order valence-corrected chi connectivity index (χ1v) is 14.9. The smallest absolute Gasteiger partial charge is 0.0431 e. The molecule has 32 heavy (non-hydrogen) atoms. The summed E-state index contributed by atoms with van der Waals surface area (Å²) in [4.78, 5) is 0. The summed E-state index contributed by atoms with van der Waals surface area (Å²) >= 11 is 0. The molecule has 0 saturated heterocycles. The maximum absolute atomic E-state index is 9.19. The lowest BCUT2D eigenvalue weighted by Crippen LogP contribution is -2.35. The lowest BCUT2D eigenvalue weighted by molar-refractivity contribution is 0.0412. The molecule has 2 N–H and O–H groups in total. The highest BCUT2D eigenvalue weighted by Crippen LogP contribution is 2.54. The van der Waals surface area contributed by atoms with Gasteiger partial charge in [0.05, 0.1) is 0 Å². The van der Waals surface area contributed by atoms with Crippen molar-refractivity contribution in [2.75, 3.05) is 13.2 Å². The molecule has 0 unspecified atom stereocenters. The van der Waals surface area contributed by atoms with E-state index in [0.717, 1.165) is 12.8 Å². The summed E-state index contributed by atoms with van der Waals surface area (Å²) in [5.74, 6) is 0. The summed E-state index contributed by atoms with van der Waals surface area (Å²) in [6, 6.07) is 0. The molecule has 0 spiro atoms. The maximum Gasteiger partial charge on any atom is 0.0431 e. The molecular formula is C30H60O2. The first kappa shape index (κ1) is 30.0. The van der Waals surface area contributed by atoms with Crippen LogP contribution in [0.25, 0.3) is 0 Å². The predicted octanol–water partition coefficient (Wildman–Crippen LogP) is 9.36. The molecule has 1 rings (SSSR count). The van der Waals surface area contributed by atoms with Crippen LogP contribution in [0.5, 0.6) is 0 Å². The highest BCUT2D eigenvalue weighted by atomic mass is 16.3. The third-order valence-electron chi connectivity index (χ3n) is 8.72. The van der Waals surface area contributed by atoms with Crippen molar-refractivity contribution >= 4 is 0 Å². The van der Waals surface area contributed by atoms with Crippen LogP contribution in [-0.4, -0.2) is 23.4 Å². The first-order chi connectivity index (χ1) is 15.7. The van der Waals surface area contributed by atoms with E-state index in [0.29, 0.717) is 24.0 Å². The number of hydrogen-bond donors (Lipinski definition) is 2. The van der Waals surface area contributed by atoms with Crippen LogP contribution in [0.3, 0.4) is 0 Å². The summed E-state index contributed by atoms with van der Waals surface area (Å²) in [5, 5.41) is 18.4. The summed E-state index contributed by atoms with van der Waals surface area (Å²) < 4.78 is 0. The monoisotopic (exact) mass is 452 g/mol. The van der Waals surface area contributed by atoms with E-state index in [4.69, 9.17) is 0 Å². The van der Waals surface area contributed by atoms with Crippen LogP contribution in [0, 0.1) is 10.8 Å². The fourth-order valence-corrected chi connectivity index (χ4v) is 6.34. The van der Waals surface area contributed by atoms with Gasteiger partial charge in [-0.3, -0.25) is 0 Å². The fraction of sp³-hybridized carbons (Fsp3) is 1.00. The van der Waals surface area contributed by atoms with Gasteiger partial charge >= 0.3 is 0 Å². The van der Waals surface area contributed by atoms with Crippen LogP contribution in [0.4, 0.5) is 0 Å². The van der Waals surface area contributed by atoms with Crippen LogP contribution >= 0.6 is 0 Å². The average Bonchev–Trinajstić information content (AvgIpc) is 2.81. The van der Waals surface area contributed by atoms with Gasteiger partial charge in [-0.2, -0.15) is 0 Å². The Morgan fingerprint density at radius 1 is 0.406 bits per heavy atom. The standard InChI is InChI=1S/C30H60O2/c1-3-5-7-9-13-19-29(20-14-10-8-6-4-2)23-25-30(26-24-29,21-15-11-17-27-31)22-16-12-18-28-32/h31-32H,3-28H2,1-2H3.